The SMILES string of the molecule is CC(CN1CCCCC1)OC(=O)c1ccc(Br)cc1. The molecule has 1 aliphatic heterocycles. The van der Waals surface area contributed by atoms with Crippen LogP contribution in [0.25, 0.3) is 0 Å². The molecule has 0 saturated carbocycles. The molecule has 0 spiro atoms. The van der Waals surface area contributed by atoms with Crippen LogP contribution in [0.4, 0.5) is 0 Å². The molecule has 1 unspecified atom stereocenters. The van der Waals surface area contributed by atoms with Gasteiger partial charge in [0.05, 0.1) is 5.56 Å². The van der Waals surface area contributed by atoms with Crippen LogP contribution in [0, 0.1) is 0 Å². The van der Waals surface area contributed by atoms with Crippen molar-refractivity contribution in [1.29, 1.82) is 0 Å². The lowest BCUT2D eigenvalue weighted by atomic mass is 10.1. The first-order valence-electron chi connectivity index (χ1n) is 6.84. The van der Waals surface area contributed by atoms with Crippen LogP contribution in [0.2, 0.25) is 0 Å². The van der Waals surface area contributed by atoms with Gasteiger partial charge in [0.2, 0.25) is 0 Å². The predicted octanol–water partition coefficient (Wildman–Crippen LogP) is 3.48. The van der Waals surface area contributed by atoms with Gasteiger partial charge in [0.25, 0.3) is 0 Å². The van der Waals surface area contributed by atoms with Gasteiger partial charge < -0.3 is 4.74 Å². The molecule has 0 aliphatic carbocycles. The number of carbonyl (C=O) groups excluding carboxylic acids is 1. The minimum Gasteiger partial charge on any atom is -0.458 e. The van der Waals surface area contributed by atoms with E-state index >= 15 is 0 Å². The largest absolute Gasteiger partial charge is 0.458 e. The number of hydrogen-bond donors (Lipinski definition) is 0. The van der Waals surface area contributed by atoms with Crippen LogP contribution in [-0.4, -0.2) is 36.6 Å². The number of halogens is 1. The van der Waals surface area contributed by atoms with E-state index in [2.05, 4.69) is 20.8 Å². The molecule has 0 amide bonds. The number of rotatable bonds is 4. The molecule has 0 N–H and O–H groups in total. The molecule has 104 valence electrons. The van der Waals surface area contributed by atoms with Crippen molar-refractivity contribution in [2.24, 2.45) is 0 Å². The summed E-state index contributed by atoms with van der Waals surface area (Å²) in [5.41, 5.74) is 0.605. The summed E-state index contributed by atoms with van der Waals surface area (Å²) >= 11 is 3.35. The standard InChI is InChI=1S/C15H20BrNO2/c1-12(11-17-9-3-2-4-10-17)19-15(18)13-5-7-14(16)8-6-13/h5-8,12H,2-4,9-11H2,1H3. The molecular formula is C15H20BrNO2. The lowest BCUT2D eigenvalue weighted by Gasteiger charge is -2.28. The van der Waals surface area contributed by atoms with Gasteiger partial charge in [0.1, 0.15) is 6.10 Å². The molecule has 4 heteroatoms. The van der Waals surface area contributed by atoms with Crippen LogP contribution < -0.4 is 0 Å². The number of piperidine rings is 1. The van der Waals surface area contributed by atoms with E-state index in [1.807, 2.05) is 19.1 Å². The third-order valence-corrected chi connectivity index (χ3v) is 3.88. The highest BCUT2D eigenvalue weighted by Gasteiger charge is 2.17. The average molecular weight is 326 g/mol. The molecule has 1 aromatic carbocycles. The third-order valence-electron chi connectivity index (χ3n) is 3.35. The zero-order chi connectivity index (χ0) is 13.7. The fraction of sp³-hybridized carbons (Fsp3) is 0.533. The van der Waals surface area contributed by atoms with Crippen molar-refractivity contribution in [3.05, 3.63) is 34.3 Å². The highest BCUT2D eigenvalue weighted by atomic mass is 79.9. The van der Waals surface area contributed by atoms with Crippen molar-refractivity contribution in [2.45, 2.75) is 32.3 Å². The summed E-state index contributed by atoms with van der Waals surface area (Å²) in [5, 5.41) is 0. The molecule has 2 rings (SSSR count). The van der Waals surface area contributed by atoms with E-state index in [1.165, 1.54) is 19.3 Å². The van der Waals surface area contributed by atoms with Crippen molar-refractivity contribution < 1.29 is 9.53 Å². The van der Waals surface area contributed by atoms with Crippen molar-refractivity contribution in [2.75, 3.05) is 19.6 Å². The molecule has 1 aromatic rings. The van der Waals surface area contributed by atoms with Crippen molar-refractivity contribution in [1.82, 2.24) is 4.90 Å². The van der Waals surface area contributed by atoms with Crippen molar-refractivity contribution in [3.63, 3.8) is 0 Å². The average Bonchev–Trinajstić information content (AvgIpc) is 2.40. The summed E-state index contributed by atoms with van der Waals surface area (Å²) in [5.74, 6) is -0.239. The monoisotopic (exact) mass is 325 g/mol. The highest BCUT2D eigenvalue weighted by molar-refractivity contribution is 9.10. The highest BCUT2D eigenvalue weighted by Crippen LogP contribution is 2.13. The topological polar surface area (TPSA) is 29.5 Å². The second kappa shape index (κ2) is 7.06. The summed E-state index contributed by atoms with van der Waals surface area (Å²) in [6, 6.07) is 7.26. The summed E-state index contributed by atoms with van der Waals surface area (Å²) in [6.07, 6.45) is 3.78. The zero-order valence-corrected chi connectivity index (χ0v) is 12.9. The van der Waals surface area contributed by atoms with Gasteiger partial charge in [0, 0.05) is 11.0 Å². The Labute approximate surface area is 123 Å². The van der Waals surface area contributed by atoms with Gasteiger partial charge in [-0.15, -0.1) is 0 Å². The first-order valence-corrected chi connectivity index (χ1v) is 7.63. The van der Waals surface area contributed by atoms with Gasteiger partial charge in [-0.2, -0.15) is 0 Å². The van der Waals surface area contributed by atoms with Crippen LogP contribution in [0.3, 0.4) is 0 Å². The quantitative estimate of drug-likeness (QED) is 0.794. The maximum Gasteiger partial charge on any atom is 0.338 e. The minimum atomic E-state index is -0.239. The molecule has 19 heavy (non-hydrogen) atoms. The Morgan fingerprint density at radius 3 is 2.53 bits per heavy atom. The summed E-state index contributed by atoms with van der Waals surface area (Å²) in [7, 11) is 0. The molecule has 1 aliphatic rings. The van der Waals surface area contributed by atoms with Crippen molar-refractivity contribution in [3.8, 4) is 0 Å². The Morgan fingerprint density at radius 1 is 1.26 bits per heavy atom. The Bertz CT molecular complexity index is 413. The molecule has 1 heterocycles. The molecule has 1 saturated heterocycles. The Kier molecular flexibility index (Phi) is 5.40. The van der Waals surface area contributed by atoms with E-state index < -0.39 is 0 Å². The second-order valence-electron chi connectivity index (χ2n) is 5.08. The smallest absolute Gasteiger partial charge is 0.338 e. The molecule has 1 fully saturated rings. The first-order chi connectivity index (χ1) is 9.15. The minimum absolute atomic E-state index is 0.0609. The molecule has 0 radical (unpaired) electrons. The van der Waals surface area contributed by atoms with Crippen LogP contribution in [0.15, 0.2) is 28.7 Å². The van der Waals surface area contributed by atoms with Gasteiger partial charge in [-0.1, -0.05) is 22.4 Å². The molecule has 0 aromatic heterocycles. The zero-order valence-electron chi connectivity index (χ0n) is 11.3. The predicted molar refractivity (Wildman–Crippen MR) is 79.3 cm³/mol. The molecule has 3 nitrogen and oxygen atoms in total. The summed E-state index contributed by atoms with van der Waals surface area (Å²) in [6.45, 7) is 5.05. The number of esters is 1. The lowest BCUT2D eigenvalue weighted by molar-refractivity contribution is 0.0236. The van der Waals surface area contributed by atoms with Gasteiger partial charge in [-0.3, -0.25) is 4.90 Å². The van der Waals surface area contributed by atoms with Gasteiger partial charge in [-0.25, -0.2) is 4.79 Å². The van der Waals surface area contributed by atoms with E-state index in [1.54, 1.807) is 12.1 Å². The Hall–Kier alpha value is -0.870. The molecular weight excluding hydrogens is 306 g/mol. The number of carbonyl (C=O) groups is 1. The van der Waals surface area contributed by atoms with E-state index in [9.17, 15) is 4.79 Å². The number of ether oxygens (including phenoxy) is 1. The second-order valence-corrected chi connectivity index (χ2v) is 6.00. The Balaban J connectivity index is 1.82. The summed E-state index contributed by atoms with van der Waals surface area (Å²) < 4.78 is 6.45. The van der Waals surface area contributed by atoms with E-state index in [4.69, 9.17) is 4.74 Å². The maximum absolute atomic E-state index is 12.0. The molecule has 0 bridgehead atoms. The normalized spacial score (nSPS) is 18.0. The van der Waals surface area contributed by atoms with Gasteiger partial charge in [0.15, 0.2) is 0 Å². The number of benzene rings is 1. The number of hydrogen-bond acceptors (Lipinski definition) is 3. The van der Waals surface area contributed by atoms with Crippen LogP contribution >= 0.6 is 15.9 Å². The van der Waals surface area contributed by atoms with Crippen LogP contribution in [-0.2, 0) is 4.74 Å². The van der Waals surface area contributed by atoms with Gasteiger partial charge in [-0.05, 0) is 57.1 Å². The number of likely N-dealkylation sites (tertiary alicyclic amines) is 1. The van der Waals surface area contributed by atoms with E-state index in [0.717, 1.165) is 24.1 Å². The van der Waals surface area contributed by atoms with Gasteiger partial charge >= 0.3 is 5.97 Å². The third kappa shape index (κ3) is 4.62. The fourth-order valence-electron chi connectivity index (χ4n) is 2.38. The van der Waals surface area contributed by atoms with Crippen molar-refractivity contribution >= 4 is 21.9 Å². The number of nitrogens with zero attached hydrogens (tertiary/aromatic N) is 1. The van der Waals surface area contributed by atoms with Crippen LogP contribution in [0.1, 0.15) is 36.5 Å². The fourth-order valence-corrected chi connectivity index (χ4v) is 2.64. The summed E-state index contributed by atoms with van der Waals surface area (Å²) in [4.78, 5) is 14.3. The van der Waals surface area contributed by atoms with E-state index in [-0.39, 0.29) is 12.1 Å². The molecule has 1 atom stereocenters. The van der Waals surface area contributed by atoms with E-state index in [0.29, 0.717) is 5.56 Å². The Morgan fingerprint density at radius 2 is 1.89 bits per heavy atom. The van der Waals surface area contributed by atoms with Crippen LogP contribution in [0.5, 0.6) is 0 Å². The lowest BCUT2D eigenvalue weighted by Crippen LogP contribution is -2.37. The first kappa shape index (κ1) is 14.5. The maximum atomic E-state index is 12.0.